The molecule has 0 aliphatic carbocycles. The number of nitrogen functional groups attached to an aromatic ring is 1. The van der Waals surface area contributed by atoms with E-state index in [1.807, 2.05) is 13.8 Å². The van der Waals surface area contributed by atoms with Crippen molar-refractivity contribution in [2.45, 2.75) is 32.9 Å². The van der Waals surface area contributed by atoms with E-state index in [9.17, 15) is 4.79 Å². The Morgan fingerprint density at radius 1 is 1.62 bits per heavy atom. The maximum atomic E-state index is 11.8. The molecule has 1 aromatic heterocycles. The van der Waals surface area contributed by atoms with Crippen molar-refractivity contribution < 1.29 is 9.21 Å². The highest BCUT2D eigenvalue weighted by atomic mass is 16.4. The Morgan fingerprint density at radius 2 is 2.38 bits per heavy atom. The summed E-state index contributed by atoms with van der Waals surface area (Å²) in [5, 5.41) is 2.85. The molecule has 6 nitrogen and oxygen atoms in total. The van der Waals surface area contributed by atoms with Crippen LogP contribution in [0.4, 0.5) is 10.8 Å². The van der Waals surface area contributed by atoms with Gasteiger partial charge < -0.3 is 20.4 Å². The van der Waals surface area contributed by atoms with Gasteiger partial charge in [-0.1, -0.05) is 0 Å². The first kappa shape index (κ1) is 10.8. The van der Waals surface area contributed by atoms with Crippen LogP contribution < -0.4 is 11.1 Å². The minimum absolute atomic E-state index is 0.0674. The quantitative estimate of drug-likeness (QED) is 0.736. The number of rotatable bonds is 1. The topological polar surface area (TPSA) is 84.4 Å². The van der Waals surface area contributed by atoms with Crippen molar-refractivity contribution >= 4 is 12.0 Å². The van der Waals surface area contributed by atoms with Crippen LogP contribution in [0.15, 0.2) is 4.42 Å². The van der Waals surface area contributed by atoms with Gasteiger partial charge in [0.25, 0.3) is 6.01 Å². The molecule has 0 unspecified atom stereocenters. The molecule has 2 heterocycles. The fraction of sp³-hybridized carbons (Fsp3) is 0.600. The summed E-state index contributed by atoms with van der Waals surface area (Å²) in [5.41, 5.74) is 6.23. The third kappa shape index (κ3) is 2.10. The lowest BCUT2D eigenvalue weighted by molar-refractivity contribution is 0.187. The van der Waals surface area contributed by atoms with Gasteiger partial charge in [0.15, 0.2) is 0 Å². The SMILES string of the molecule is CC(C)NC(=O)N1CCc2oc(N)nc2C1. The maximum absolute atomic E-state index is 11.8. The molecule has 6 heteroatoms. The van der Waals surface area contributed by atoms with E-state index < -0.39 is 0 Å². The zero-order chi connectivity index (χ0) is 11.7. The molecule has 1 aliphatic heterocycles. The molecule has 88 valence electrons. The summed E-state index contributed by atoms with van der Waals surface area (Å²) in [4.78, 5) is 17.5. The van der Waals surface area contributed by atoms with Crippen LogP contribution in [-0.2, 0) is 13.0 Å². The summed E-state index contributed by atoms with van der Waals surface area (Å²) < 4.78 is 5.22. The molecule has 0 spiro atoms. The number of carbonyl (C=O) groups is 1. The number of nitrogens with one attached hydrogen (secondary N) is 1. The zero-order valence-electron chi connectivity index (χ0n) is 9.49. The molecule has 3 N–H and O–H groups in total. The largest absolute Gasteiger partial charge is 0.428 e. The number of hydrogen-bond donors (Lipinski definition) is 2. The third-order valence-electron chi connectivity index (χ3n) is 2.44. The van der Waals surface area contributed by atoms with Crippen molar-refractivity contribution in [3.63, 3.8) is 0 Å². The van der Waals surface area contributed by atoms with Gasteiger partial charge in [-0.25, -0.2) is 4.79 Å². The van der Waals surface area contributed by atoms with Crippen LogP contribution >= 0.6 is 0 Å². The molecule has 0 saturated heterocycles. The first-order valence-electron chi connectivity index (χ1n) is 5.35. The number of amides is 2. The molecule has 1 aromatic rings. The lowest BCUT2D eigenvalue weighted by Crippen LogP contribution is -2.45. The molecule has 16 heavy (non-hydrogen) atoms. The lowest BCUT2D eigenvalue weighted by atomic mass is 10.2. The van der Waals surface area contributed by atoms with Gasteiger partial charge in [0.1, 0.15) is 11.5 Å². The summed E-state index contributed by atoms with van der Waals surface area (Å²) in [6.07, 6.45) is 0.672. The number of nitrogens with two attached hydrogens (primary N) is 1. The molecule has 0 bridgehead atoms. The van der Waals surface area contributed by atoms with E-state index in [4.69, 9.17) is 10.2 Å². The minimum atomic E-state index is -0.0674. The summed E-state index contributed by atoms with van der Waals surface area (Å²) in [6.45, 7) is 4.97. The number of nitrogens with zero attached hydrogens (tertiary/aromatic N) is 2. The second-order valence-corrected chi connectivity index (χ2v) is 4.20. The first-order valence-corrected chi connectivity index (χ1v) is 5.35. The Bertz CT molecular complexity index is 400. The van der Waals surface area contributed by atoms with E-state index in [2.05, 4.69) is 10.3 Å². The Labute approximate surface area is 93.8 Å². The molecule has 1 aliphatic rings. The fourth-order valence-electron chi connectivity index (χ4n) is 1.73. The van der Waals surface area contributed by atoms with E-state index in [-0.39, 0.29) is 18.1 Å². The van der Waals surface area contributed by atoms with Crippen LogP contribution in [0.1, 0.15) is 25.3 Å². The van der Waals surface area contributed by atoms with Gasteiger partial charge in [0, 0.05) is 19.0 Å². The number of urea groups is 1. The summed E-state index contributed by atoms with van der Waals surface area (Å²) >= 11 is 0. The normalized spacial score (nSPS) is 15.1. The predicted octanol–water partition coefficient (Wildman–Crippen LogP) is 0.733. The van der Waals surface area contributed by atoms with Crippen molar-refractivity contribution in [1.29, 1.82) is 0 Å². The number of oxazole rings is 1. The Hall–Kier alpha value is -1.72. The molecule has 0 atom stereocenters. The maximum Gasteiger partial charge on any atom is 0.317 e. The Kier molecular flexibility index (Phi) is 2.72. The highest BCUT2D eigenvalue weighted by Crippen LogP contribution is 2.20. The van der Waals surface area contributed by atoms with Gasteiger partial charge in [-0.3, -0.25) is 0 Å². The van der Waals surface area contributed by atoms with Crippen LogP contribution in [0.2, 0.25) is 0 Å². The predicted molar refractivity (Wildman–Crippen MR) is 58.7 cm³/mol. The van der Waals surface area contributed by atoms with Gasteiger partial charge in [-0.05, 0) is 13.8 Å². The number of fused-ring (bicyclic) bond motifs is 1. The first-order chi connectivity index (χ1) is 7.56. The van der Waals surface area contributed by atoms with Gasteiger partial charge in [-0.15, -0.1) is 0 Å². The number of carbonyl (C=O) groups excluding carboxylic acids is 1. The van der Waals surface area contributed by atoms with Crippen LogP contribution in [0.25, 0.3) is 0 Å². The lowest BCUT2D eigenvalue weighted by Gasteiger charge is -2.26. The standard InChI is InChI=1S/C10H16N4O2/c1-6(2)12-10(15)14-4-3-8-7(5-14)13-9(11)16-8/h6H,3-5H2,1-2H3,(H2,11,13)(H,12,15). The minimum Gasteiger partial charge on any atom is -0.428 e. The number of hydrogen-bond acceptors (Lipinski definition) is 4. The highest BCUT2D eigenvalue weighted by Gasteiger charge is 2.24. The molecule has 0 radical (unpaired) electrons. The average Bonchev–Trinajstić information content (AvgIpc) is 2.55. The highest BCUT2D eigenvalue weighted by molar-refractivity contribution is 5.74. The molecule has 0 saturated carbocycles. The van der Waals surface area contributed by atoms with E-state index in [0.717, 1.165) is 11.5 Å². The van der Waals surface area contributed by atoms with Crippen LogP contribution in [-0.4, -0.2) is 28.5 Å². The van der Waals surface area contributed by atoms with Crippen LogP contribution in [0.3, 0.4) is 0 Å². The van der Waals surface area contributed by atoms with Crippen molar-refractivity contribution in [3.8, 4) is 0 Å². The summed E-state index contributed by atoms with van der Waals surface area (Å²) in [6, 6.07) is 0.245. The molecular weight excluding hydrogens is 208 g/mol. The number of aromatic nitrogens is 1. The molecule has 2 rings (SSSR count). The Morgan fingerprint density at radius 3 is 3.06 bits per heavy atom. The van der Waals surface area contributed by atoms with E-state index >= 15 is 0 Å². The van der Waals surface area contributed by atoms with Crippen LogP contribution in [0.5, 0.6) is 0 Å². The van der Waals surface area contributed by atoms with Crippen molar-refractivity contribution in [2.24, 2.45) is 0 Å². The van der Waals surface area contributed by atoms with Crippen molar-refractivity contribution in [1.82, 2.24) is 15.2 Å². The van der Waals surface area contributed by atoms with E-state index in [0.29, 0.717) is 19.5 Å². The molecule has 0 fully saturated rings. The average molecular weight is 224 g/mol. The van der Waals surface area contributed by atoms with Gasteiger partial charge in [0.2, 0.25) is 0 Å². The van der Waals surface area contributed by atoms with Gasteiger partial charge >= 0.3 is 6.03 Å². The van der Waals surface area contributed by atoms with Crippen molar-refractivity contribution in [2.75, 3.05) is 12.3 Å². The summed E-state index contributed by atoms with van der Waals surface area (Å²) in [5.74, 6) is 0.797. The monoisotopic (exact) mass is 224 g/mol. The molecule has 2 amide bonds. The van der Waals surface area contributed by atoms with Gasteiger partial charge in [0.05, 0.1) is 6.54 Å². The molecule has 0 aromatic carbocycles. The summed E-state index contributed by atoms with van der Waals surface area (Å²) in [7, 11) is 0. The Balaban J connectivity index is 2.04. The zero-order valence-corrected chi connectivity index (χ0v) is 9.49. The third-order valence-corrected chi connectivity index (χ3v) is 2.44. The van der Waals surface area contributed by atoms with Crippen molar-refractivity contribution in [3.05, 3.63) is 11.5 Å². The number of anilines is 1. The van der Waals surface area contributed by atoms with Gasteiger partial charge in [-0.2, -0.15) is 4.98 Å². The second-order valence-electron chi connectivity index (χ2n) is 4.20. The van der Waals surface area contributed by atoms with E-state index in [1.54, 1.807) is 4.90 Å². The molecular formula is C10H16N4O2. The fourth-order valence-corrected chi connectivity index (χ4v) is 1.73. The van der Waals surface area contributed by atoms with E-state index in [1.165, 1.54) is 0 Å². The van der Waals surface area contributed by atoms with Crippen LogP contribution in [0, 0.1) is 0 Å². The smallest absolute Gasteiger partial charge is 0.317 e. The second kappa shape index (κ2) is 4.03.